The van der Waals surface area contributed by atoms with Gasteiger partial charge in [-0.25, -0.2) is 0 Å². The predicted molar refractivity (Wildman–Crippen MR) is 101 cm³/mol. The van der Waals surface area contributed by atoms with Crippen LogP contribution in [0, 0.1) is 6.92 Å². The second-order valence-corrected chi connectivity index (χ2v) is 5.91. The van der Waals surface area contributed by atoms with Gasteiger partial charge in [-0.15, -0.1) is 0 Å². The molecule has 1 nitrogen and oxygen atoms in total. The van der Waals surface area contributed by atoms with Crippen LogP contribution in [0.1, 0.15) is 25.8 Å². The van der Waals surface area contributed by atoms with Gasteiger partial charge < -0.3 is 4.57 Å². The van der Waals surface area contributed by atoms with Crippen LogP contribution in [-0.4, -0.2) is 4.57 Å². The zero-order chi connectivity index (χ0) is 16.2. The van der Waals surface area contributed by atoms with Crippen LogP contribution >= 0.6 is 0 Å². The Hall–Kier alpha value is -2.54. The number of fused-ring (bicyclic) bond motifs is 3. The number of rotatable bonds is 1. The molecule has 1 heteroatoms. The lowest BCUT2D eigenvalue weighted by Crippen LogP contribution is -1.93. The average molecular weight is 301 g/mol. The van der Waals surface area contributed by atoms with Crippen molar-refractivity contribution in [3.63, 3.8) is 0 Å². The first-order chi connectivity index (χ1) is 11.3. The predicted octanol–water partition coefficient (Wildman–Crippen LogP) is 6.51. The van der Waals surface area contributed by atoms with E-state index in [-0.39, 0.29) is 0 Å². The molecular weight excluding hydrogens is 278 g/mol. The summed E-state index contributed by atoms with van der Waals surface area (Å²) >= 11 is 0. The van der Waals surface area contributed by atoms with Gasteiger partial charge >= 0.3 is 0 Å². The number of hydrogen-bond donors (Lipinski definition) is 0. The first-order valence-corrected chi connectivity index (χ1v) is 8.31. The molecule has 0 saturated heterocycles. The Balaban J connectivity index is 0.000000485. The van der Waals surface area contributed by atoms with Gasteiger partial charge in [0.05, 0.1) is 11.0 Å². The molecule has 0 aliphatic rings. The van der Waals surface area contributed by atoms with Crippen LogP contribution in [0.5, 0.6) is 0 Å². The molecule has 0 N–H and O–H groups in total. The van der Waals surface area contributed by atoms with E-state index in [1.165, 1.54) is 39.5 Å². The van der Waals surface area contributed by atoms with Crippen LogP contribution in [0.2, 0.25) is 0 Å². The molecule has 1 heterocycles. The van der Waals surface area contributed by atoms with Crippen molar-refractivity contribution < 1.29 is 0 Å². The number of benzene rings is 3. The summed E-state index contributed by atoms with van der Waals surface area (Å²) in [6.07, 6.45) is 1.25. The first kappa shape index (κ1) is 15.4. The molecule has 23 heavy (non-hydrogen) atoms. The lowest BCUT2D eigenvalue weighted by atomic mass is 10.2. The van der Waals surface area contributed by atoms with Gasteiger partial charge in [-0.3, -0.25) is 0 Å². The van der Waals surface area contributed by atoms with Crippen molar-refractivity contribution in [2.24, 2.45) is 0 Å². The molecule has 0 amide bonds. The van der Waals surface area contributed by atoms with E-state index in [9.17, 15) is 0 Å². The van der Waals surface area contributed by atoms with Gasteiger partial charge in [-0.2, -0.15) is 0 Å². The molecule has 0 fully saturated rings. The highest BCUT2D eigenvalue weighted by molar-refractivity contribution is 6.09. The summed E-state index contributed by atoms with van der Waals surface area (Å²) in [6, 6.07) is 25.9. The summed E-state index contributed by atoms with van der Waals surface area (Å²) in [5.74, 6) is 0. The lowest BCUT2D eigenvalue weighted by Gasteiger charge is -2.07. The molecule has 0 spiro atoms. The molecule has 0 bridgehead atoms. The van der Waals surface area contributed by atoms with Gasteiger partial charge in [0.1, 0.15) is 0 Å². The van der Waals surface area contributed by atoms with Crippen LogP contribution in [-0.2, 0) is 0 Å². The fourth-order valence-corrected chi connectivity index (χ4v) is 2.89. The molecule has 0 radical (unpaired) electrons. The fraction of sp³-hybridized carbons (Fsp3) is 0.182. The molecular formula is C22H23N. The quantitative estimate of drug-likeness (QED) is 0.378. The molecule has 0 aliphatic heterocycles. The van der Waals surface area contributed by atoms with Crippen molar-refractivity contribution in [1.29, 1.82) is 0 Å². The summed E-state index contributed by atoms with van der Waals surface area (Å²) < 4.78 is 2.34. The molecule has 0 saturated carbocycles. The van der Waals surface area contributed by atoms with Crippen LogP contribution in [0.3, 0.4) is 0 Å². The van der Waals surface area contributed by atoms with Crippen LogP contribution in [0.4, 0.5) is 0 Å². The SMILES string of the molecule is CCC.Cc1ccc(-n2c3ccccc3c3ccccc32)cc1. The maximum Gasteiger partial charge on any atom is 0.0541 e. The minimum Gasteiger partial charge on any atom is -0.309 e. The topological polar surface area (TPSA) is 4.93 Å². The zero-order valence-electron chi connectivity index (χ0n) is 14.1. The fourth-order valence-electron chi connectivity index (χ4n) is 2.89. The highest BCUT2D eigenvalue weighted by atomic mass is 15.0. The van der Waals surface area contributed by atoms with Crippen molar-refractivity contribution in [3.8, 4) is 5.69 Å². The Bertz CT molecular complexity index is 860. The van der Waals surface area contributed by atoms with Crippen molar-refractivity contribution >= 4 is 21.8 Å². The third-order valence-corrected chi connectivity index (χ3v) is 3.87. The van der Waals surface area contributed by atoms with Gasteiger partial charge in [-0.05, 0) is 31.2 Å². The zero-order valence-corrected chi connectivity index (χ0v) is 14.1. The van der Waals surface area contributed by atoms with E-state index in [0.717, 1.165) is 0 Å². The molecule has 0 unspecified atom stereocenters. The highest BCUT2D eigenvalue weighted by Gasteiger charge is 2.10. The smallest absolute Gasteiger partial charge is 0.0541 e. The average Bonchev–Trinajstić information content (AvgIpc) is 2.91. The second kappa shape index (κ2) is 6.70. The maximum absolute atomic E-state index is 2.34. The summed E-state index contributed by atoms with van der Waals surface area (Å²) in [7, 11) is 0. The van der Waals surface area contributed by atoms with Gasteiger partial charge in [0.2, 0.25) is 0 Å². The third kappa shape index (κ3) is 2.87. The van der Waals surface area contributed by atoms with Gasteiger partial charge in [0.25, 0.3) is 0 Å². The van der Waals surface area contributed by atoms with E-state index in [0.29, 0.717) is 0 Å². The Labute approximate surface area is 138 Å². The summed E-state index contributed by atoms with van der Waals surface area (Å²) in [4.78, 5) is 0. The van der Waals surface area contributed by atoms with Crippen LogP contribution in [0.15, 0.2) is 72.8 Å². The monoisotopic (exact) mass is 301 g/mol. The van der Waals surface area contributed by atoms with Crippen molar-refractivity contribution in [3.05, 3.63) is 78.4 Å². The largest absolute Gasteiger partial charge is 0.309 e. The van der Waals surface area contributed by atoms with Crippen LogP contribution in [0.25, 0.3) is 27.5 Å². The Morgan fingerprint density at radius 1 is 0.652 bits per heavy atom. The number of para-hydroxylation sites is 2. The number of aryl methyl sites for hydroxylation is 1. The summed E-state index contributed by atoms with van der Waals surface area (Å²) in [6.45, 7) is 6.37. The summed E-state index contributed by atoms with van der Waals surface area (Å²) in [5, 5.41) is 2.62. The van der Waals surface area contributed by atoms with Crippen LogP contribution < -0.4 is 0 Å². The highest BCUT2D eigenvalue weighted by Crippen LogP contribution is 2.31. The third-order valence-electron chi connectivity index (χ3n) is 3.87. The Morgan fingerprint density at radius 3 is 1.57 bits per heavy atom. The van der Waals surface area contributed by atoms with E-state index in [1.807, 2.05) is 0 Å². The molecule has 4 rings (SSSR count). The second-order valence-electron chi connectivity index (χ2n) is 5.91. The van der Waals surface area contributed by atoms with Crippen molar-refractivity contribution in [2.75, 3.05) is 0 Å². The van der Waals surface area contributed by atoms with E-state index >= 15 is 0 Å². The molecule has 4 aromatic rings. The minimum atomic E-state index is 1.22. The Morgan fingerprint density at radius 2 is 1.09 bits per heavy atom. The van der Waals surface area contributed by atoms with Gasteiger partial charge in [0, 0.05) is 16.5 Å². The minimum absolute atomic E-state index is 1.22. The number of hydrogen-bond acceptors (Lipinski definition) is 0. The number of aromatic nitrogens is 1. The normalized spacial score (nSPS) is 10.6. The standard InChI is InChI=1S/C19H15N.C3H8/c1-14-10-12-15(13-11-14)20-18-8-4-2-6-16(18)17-7-3-5-9-19(17)20;1-3-2/h2-13H,1H3;3H2,1-2H3. The Kier molecular flexibility index (Phi) is 4.47. The molecule has 116 valence electrons. The van der Waals surface area contributed by atoms with E-state index in [2.05, 4.69) is 98.1 Å². The van der Waals surface area contributed by atoms with Crippen molar-refractivity contribution in [1.82, 2.24) is 4.57 Å². The molecule has 0 aliphatic carbocycles. The maximum atomic E-state index is 2.34. The van der Waals surface area contributed by atoms with Gasteiger partial charge in [0.15, 0.2) is 0 Å². The number of nitrogens with zero attached hydrogens (tertiary/aromatic N) is 1. The van der Waals surface area contributed by atoms with E-state index < -0.39 is 0 Å². The van der Waals surface area contributed by atoms with Crippen molar-refractivity contribution in [2.45, 2.75) is 27.2 Å². The van der Waals surface area contributed by atoms with E-state index in [4.69, 9.17) is 0 Å². The molecule has 0 atom stereocenters. The van der Waals surface area contributed by atoms with E-state index in [1.54, 1.807) is 0 Å². The first-order valence-electron chi connectivity index (χ1n) is 8.31. The lowest BCUT2D eigenvalue weighted by molar-refractivity contribution is 1.09. The summed E-state index contributed by atoms with van der Waals surface area (Å²) in [5.41, 5.74) is 5.03. The van der Waals surface area contributed by atoms with Gasteiger partial charge in [-0.1, -0.05) is 74.4 Å². The molecule has 1 aromatic heterocycles. The molecule has 3 aromatic carbocycles.